The Kier molecular flexibility index (Phi) is 3.72. The first-order valence-electron chi connectivity index (χ1n) is 6.65. The second-order valence-corrected chi connectivity index (χ2v) is 5.25. The summed E-state index contributed by atoms with van der Waals surface area (Å²) in [5, 5.41) is 0. The molecule has 0 bridgehead atoms. The molecule has 1 fully saturated rings. The monoisotopic (exact) mass is 233 g/mol. The van der Waals surface area contributed by atoms with Crippen LogP contribution >= 0.6 is 0 Å². The van der Waals surface area contributed by atoms with Crippen molar-refractivity contribution >= 4 is 0 Å². The van der Waals surface area contributed by atoms with Crippen molar-refractivity contribution in [3.63, 3.8) is 0 Å². The molecule has 0 saturated heterocycles. The minimum Gasteiger partial charge on any atom is -0.494 e. The van der Waals surface area contributed by atoms with Crippen LogP contribution < -0.4 is 10.5 Å². The number of benzene rings is 1. The van der Waals surface area contributed by atoms with E-state index in [0.717, 1.165) is 5.75 Å². The lowest BCUT2D eigenvalue weighted by Crippen LogP contribution is -2.13. The number of nitrogens with two attached hydrogens (primary N) is 1. The SMILES string of the molecule is CCOc1ccc(C(N)C2CC2)cc1C(C)C. The zero-order valence-electron chi connectivity index (χ0n) is 11.1. The second kappa shape index (κ2) is 5.09. The fraction of sp³-hybridized carbons (Fsp3) is 0.600. The van der Waals surface area contributed by atoms with Gasteiger partial charge in [-0.15, -0.1) is 0 Å². The Labute approximate surface area is 104 Å². The molecule has 1 unspecified atom stereocenters. The fourth-order valence-electron chi connectivity index (χ4n) is 2.24. The largest absolute Gasteiger partial charge is 0.494 e. The maximum absolute atomic E-state index is 6.25. The minimum absolute atomic E-state index is 0.211. The van der Waals surface area contributed by atoms with Gasteiger partial charge in [0.15, 0.2) is 0 Å². The molecular formula is C15H23NO. The van der Waals surface area contributed by atoms with E-state index in [9.17, 15) is 0 Å². The van der Waals surface area contributed by atoms with Crippen LogP contribution in [-0.2, 0) is 0 Å². The third kappa shape index (κ3) is 2.81. The molecule has 1 aliphatic carbocycles. The van der Waals surface area contributed by atoms with Crippen molar-refractivity contribution in [3.05, 3.63) is 29.3 Å². The second-order valence-electron chi connectivity index (χ2n) is 5.25. The van der Waals surface area contributed by atoms with Crippen LogP contribution in [-0.4, -0.2) is 6.61 Å². The first kappa shape index (κ1) is 12.4. The Morgan fingerprint density at radius 3 is 2.59 bits per heavy atom. The summed E-state index contributed by atoms with van der Waals surface area (Å²) in [6.45, 7) is 7.14. The van der Waals surface area contributed by atoms with E-state index in [4.69, 9.17) is 10.5 Å². The third-order valence-corrected chi connectivity index (χ3v) is 3.47. The van der Waals surface area contributed by atoms with Crippen LogP contribution in [0.5, 0.6) is 5.75 Å². The molecule has 2 nitrogen and oxygen atoms in total. The average Bonchev–Trinajstić information content (AvgIpc) is 3.12. The van der Waals surface area contributed by atoms with Gasteiger partial charge in [0, 0.05) is 6.04 Å². The Balaban J connectivity index is 2.27. The summed E-state index contributed by atoms with van der Waals surface area (Å²) in [7, 11) is 0. The topological polar surface area (TPSA) is 35.2 Å². The molecule has 0 spiro atoms. The van der Waals surface area contributed by atoms with E-state index < -0.39 is 0 Å². The summed E-state index contributed by atoms with van der Waals surface area (Å²) in [5.41, 5.74) is 8.79. The molecule has 17 heavy (non-hydrogen) atoms. The third-order valence-electron chi connectivity index (χ3n) is 3.47. The van der Waals surface area contributed by atoms with Crippen molar-refractivity contribution in [1.82, 2.24) is 0 Å². The van der Waals surface area contributed by atoms with E-state index in [1.165, 1.54) is 24.0 Å². The maximum atomic E-state index is 6.25. The van der Waals surface area contributed by atoms with Crippen LogP contribution in [0.25, 0.3) is 0 Å². The van der Waals surface area contributed by atoms with E-state index in [2.05, 4.69) is 32.0 Å². The molecule has 1 saturated carbocycles. The Hall–Kier alpha value is -1.02. The standard InChI is InChI=1S/C15H23NO/c1-4-17-14-8-7-12(9-13(14)10(2)3)15(16)11-5-6-11/h7-11,15H,4-6,16H2,1-3H3. The number of hydrogen-bond donors (Lipinski definition) is 1. The predicted molar refractivity (Wildman–Crippen MR) is 71.4 cm³/mol. The first-order chi connectivity index (χ1) is 8.13. The van der Waals surface area contributed by atoms with Crippen molar-refractivity contribution in [2.45, 2.75) is 45.6 Å². The average molecular weight is 233 g/mol. The van der Waals surface area contributed by atoms with Gasteiger partial charge >= 0.3 is 0 Å². The van der Waals surface area contributed by atoms with Crippen molar-refractivity contribution in [1.29, 1.82) is 0 Å². The minimum atomic E-state index is 0.211. The molecule has 1 aromatic rings. The summed E-state index contributed by atoms with van der Waals surface area (Å²) >= 11 is 0. The zero-order chi connectivity index (χ0) is 12.4. The lowest BCUT2D eigenvalue weighted by atomic mass is 9.95. The zero-order valence-corrected chi connectivity index (χ0v) is 11.1. The molecule has 1 atom stereocenters. The molecule has 0 aromatic heterocycles. The first-order valence-corrected chi connectivity index (χ1v) is 6.65. The number of ether oxygens (including phenoxy) is 1. The van der Waals surface area contributed by atoms with Crippen molar-refractivity contribution in [2.24, 2.45) is 11.7 Å². The quantitative estimate of drug-likeness (QED) is 0.843. The van der Waals surface area contributed by atoms with Gasteiger partial charge in [0.2, 0.25) is 0 Å². The summed E-state index contributed by atoms with van der Waals surface area (Å²) < 4.78 is 5.67. The van der Waals surface area contributed by atoms with E-state index >= 15 is 0 Å². The van der Waals surface area contributed by atoms with Gasteiger partial charge in [-0.1, -0.05) is 26.0 Å². The normalized spacial score (nSPS) is 17.2. The Morgan fingerprint density at radius 1 is 1.35 bits per heavy atom. The lowest BCUT2D eigenvalue weighted by Gasteiger charge is -2.17. The summed E-state index contributed by atoms with van der Waals surface area (Å²) in [6, 6.07) is 6.65. The molecule has 2 heteroatoms. The van der Waals surface area contributed by atoms with Crippen molar-refractivity contribution in [2.75, 3.05) is 6.61 Å². The summed E-state index contributed by atoms with van der Waals surface area (Å²) in [6.07, 6.45) is 2.57. The Bertz CT molecular complexity index is 383. The van der Waals surface area contributed by atoms with E-state index in [1.807, 2.05) is 6.92 Å². The number of rotatable bonds is 5. The highest BCUT2D eigenvalue weighted by Gasteiger charge is 2.29. The molecular weight excluding hydrogens is 210 g/mol. The molecule has 2 N–H and O–H groups in total. The van der Waals surface area contributed by atoms with Crippen LogP contribution in [0.15, 0.2) is 18.2 Å². The Morgan fingerprint density at radius 2 is 2.06 bits per heavy atom. The van der Waals surface area contributed by atoms with Crippen molar-refractivity contribution in [3.8, 4) is 5.75 Å². The highest BCUT2D eigenvalue weighted by atomic mass is 16.5. The molecule has 1 aromatic carbocycles. The summed E-state index contributed by atoms with van der Waals surface area (Å²) in [4.78, 5) is 0. The summed E-state index contributed by atoms with van der Waals surface area (Å²) in [5.74, 6) is 2.19. The molecule has 94 valence electrons. The van der Waals surface area contributed by atoms with Crippen LogP contribution in [0.3, 0.4) is 0 Å². The lowest BCUT2D eigenvalue weighted by molar-refractivity contribution is 0.335. The van der Waals surface area contributed by atoms with Gasteiger partial charge in [0.25, 0.3) is 0 Å². The van der Waals surface area contributed by atoms with Crippen LogP contribution in [0.1, 0.15) is 56.7 Å². The maximum Gasteiger partial charge on any atom is 0.122 e. The molecule has 1 aliphatic rings. The highest BCUT2D eigenvalue weighted by Crippen LogP contribution is 2.40. The van der Waals surface area contributed by atoms with Crippen LogP contribution in [0, 0.1) is 5.92 Å². The fourth-order valence-corrected chi connectivity index (χ4v) is 2.24. The molecule has 0 aliphatic heterocycles. The van der Waals surface area contributed by atoms with Gasteiger partial charge in [-0.2, -0.15) is 0 Å². The van der Waals surface area contributed by atoms with E-state index in [0.29, 0.717) is 18.4 Å². The number of hydrogen-bond acceptors (Lipinski definition) is 2. The van der Waals surface area contributed by atoms with Gasteiger partial charge in [0.1, 0.15) is 5.75 Å². The van der Waals surface area contributed by atoms with Crippen LogP contribution in [0.4, 0.5) is 0 Å². The predicted octanol–water partition coefficient (Wildman–Crippen LogP) is 3.62. The van der Waals surface area contributed by atoms with Gasteiger partial charge < -0.3 is 10.5 Å². The smallest absolute Gasteiger partial charge is 0.122 e. The molecule has 0 amide bonds. The van der Waals surface area contributed by atoms with Gasteiger partial charge in [-0.05, 0) is 48.8 Å². The van der Waals surface area contributed by atoms with Gasteiger partial charge in [0.05, 0.1) is 6.61 Å². The molecule has 0 heterocycles. The molecule has 2 rings (SSSR count). The van der Waals surface area contributed by atoms with E-state index in [-0.39, 0.29) is 6.04 Å². The molecule has 0 radical (unpaired) electrons. The van der Waals surface area contributed by atoms with Crippen molar-refractivity contribution < 1.29 is 4.74 Å². The highest BCUT2D eigenvalue weighted by molar-refractivity contribution is 5.40. The van der Waals surface area contributed by atoms with Gasteiger partial charge in [-0.3, -0.25) is 0 Å². The van der Waals surface area contributed by atoms with Gasteiger partial charge in [-0.25, -0.2) is 0 Å². The van der Waals surface area contributed by atoms with E-state index in [1.54, 1.807) is 0 Å². The van der Waals surface area contributed by atoms with Crippen LogP contribution in [0.2, 0.25) is 0 Å².